The van der Waals surface area contributed by atoms with Crippen molar-refractivity contribution in [3.8, 4) is 0 Å². The quantitative estimate of drug-likeness (QED) is 0.197. The van der Waals surface area contributed by atoms with Gasteiger partial charge in [0.05, 0.1) is 22.0 Å². The van der Waals surface area contributed by atoms with E-state index in [9.17, 15) is 17.6 Å². The highest BCUT2D eigenvalue weighted by Crippen LogP contribution is 2.48. The molecule has 0 N–H and O–H groups in total. The van der Waals surface area contributed by atoms with Gasteiger partial charge in [0.1, 0.15) is 5.82 Å². The summed E-state index contributed by atoms with van der Waals surface area (Å²) in [5.41, 5.74) is 3.19. The zero-order valence-electron chi connectivity index (χ0n) is 25.3. The molecule has 0 aliphatic carbocycles. The molecule has 6 rings (SSSR count). The van der Waals surface area contributed by atoms with Gasteiger partial charge in [-0.25, -0.2) is 12.8 Å². The number of carbonyl (C=O) groups is 1. The summed E-state index contributed by atoms with van der Waals surface area (Å²) in [4.78, 5) is 17.8. The predicted octanol–water partition coefficient (Wildman–Crippen LogP) is 7.35. The van der Waals surface area contributed by atoms with Crippen LogP contribution in [-0.4, -0.2) is 70.2 Å². The number of likely N-dealkylation sites (N-methyl/N-ethyl adjacent to an activating group) is 1. The van der Waals surface area contributed by atoms with E-state index in [0.717, 1.165) is 55.7 Å². The number of nitrogens with zero attached hydrogens (tertiary/aromatic N) is 3. The summed E-state index contributed by atoms with van der Waals surface area (Å²) in [5.74, 6) is -0.553. The van der Waals surface area contributed by atoms with Gasteiger partial charge >= 0.3 is 0 Å². The van der Waals surface area contributed by atoms with Crippen LogP contribution in [0.25, 0.3) is 10.8 Å². The van der Waals surface area contributed by atoms with E-state index < -0.39 is 10.0 Å². The maximum absolute atomic E-state index is 14.5. The Kier molecular flexibility index (Phi) is 8.87. The van der Waals surface area contributed by atoms with Crippen molar-refractivity contribution in [3.05, 3.63) is 111 Å². The van der Waals surface area contributed by atoms with E-state index in [0.29, 0.717) is 39.5 Å². The van der Waals surface area contributed by atoms with Crippen molar-refractivity contribution in [3.63, 3.8) is 0 Å². The normalized spacial score (nSPS) is 17.0. The van der Waals surface area contributed by atoms with E-state index in [1.807, 2.05) is 36.4 Å². The zero-order chi connectivity index (χ0) is 31.9. The molecule has 10 heteroatoms. The lowest BCUT2D eigenvalue weighted by atomic mass is 9.74. The molecule has 1 amide bonds. The Hall–Kier alpha value is -3.17. The molecule has 1 saturated heterocycles. The highest BCUT2D eigenvalue weighted by molar-refractivity contribution is 7.92. The molecule has 0 saturated carbocycles. The topological polar surface area (TPSA) is 60.9 Å². The maximum atomic E-state index is 14.5. The number of fused-ring (bicyclic) bond motifs is 3. The standard InChI is InChI=1S/C35H36Cl2FN3O3S/c1-39(34(42)28-12-14-32(38)27-8-4-3-7-26(27)28)22-25(24-11-13-30(36)31(37)21-24)15-18-40-19-16-35(17-20-40)23-41(45(2,43)44)33-10-6-5-9-29(33)35/h3-14,21,25H,15-20,22-23H2,1-2H3/t25-/m1/s1. The van der Waals surface area contributed by atoms with Crippen LogP contribution in [0.3, 0.4) is 0 Å². The van der Waals surface area contributed by atoms with E-state index in [-0.39, 0.29) is 23.1 Å². The van der Waals surface area contributed by atoms with Gasteiger partial charge in [0.25, 0.3) is 5.91 Å². The van der Waals surface area contributed by atoms with E-state index in [2.05, 4.69) is 11.0 Å². The Balaban J connectivity index is 1.18. The number of sulfonamides is 1. The molecule has 1 spiro atoms. The summed E-state index contributed by atoms with van der Waals surface area (Å²) in [6, 6.07) is 23.4. The van der Waals surface area contributed by atoms with Crippen LogP contribution in [0.5, 0.6) is 0 Å². The summed E-state index contributed by atoms with van der Waals surface area (Å²) >= 11 is 12.7. The second kappa shape index (κ2) is 12.6. The van der Waals surface area contributed by atoms with Crippen molar-refractivity contribution in [2.75, 3.05) is 50.3 Å². The smallest absolute Gasteiger partial charge is 0.254 e. The number of likely N-dealkylation sites (tertiary alicyclic amines) is 1. The lowest BCUT2D eigenvalue weighted by Gasteiger charge is -2.40. The number of benzene rings is 4. The number of piperidine rings is 1. The highest BCUT2D eigenvalue weighted by atomic mass is 35.5. The summed E-state index contributed by atoms with van der Waals surface area (Å²) < 4.78 is 41.2. The van der Waals surface area contributed by atoms with Gasteiger partial charge < -0.3 is 9.80 Å². The fraction of sp³-hybridized carbons (Fsp3) is 0.343. The number of anilines is 1. The number of amides is 1. The van der Waals surface area contributed by atoms with Crippen molar-refractivity contribution < 1.29 is 17.6 Å². The molecule has 4 aromatic carbocycles. The highest BCUT2D eigenvalue weighted by Gasteiger charge is 2.46. The van der Waals surface area contributed by atoms with Gasteiger partial charge in [0, 0.05) is 42.4 Å². The average molecular weight is 669 g/mol. The number of carbonyl (C=O) groups excluding carboxylic acids is 1. The molecule has 0 aromatic heterocycles. The summed E-state index contributed by atoms with van der Waals surface area (Å²) in [5, 5.41) is 1.95. The molecule has 2 aliphatic heterocycles. The van der Waals surface area contributed by atoms with Gasteiger partial charge in [-0.15, -0.1) is 0 Å². The molecule has 0 unspecified atom stereocenters. The van der Waals surface area contributed by atoms with Crippen LogP contribution >= 0.6 is 23.2 Å². The first kappa shape index (κ1) is 31.8. The monoisotopic (exact) mass is 667 g/mol. The SMILES string of the molecule is CN(C[C@@H](CCN1CCC2(CC1)CN(S(C)(=O)=O)c1ccccc12)c1ccc(Cl)c(Cl)c1)C(=O)c1ccc(F)c2ccccc12. The minimum Gasteiger partial charge on any atom is -0.341 e. The molecule has 0 bridgehead atoms. The second-order valence-electron chi connectivity index (χ2n) is 12.4. The van der Waals surface area contributed by atoms with Crippen LogP contribution in [0.2, 0.25) is 10.0 Å². The Morgan fingerprint density at radius 2 is 1.64 bits per heavy atom. The molecule has 2 aliphatic rings. The van der Waals surface area contributed by atoms with Crippen molar-refractivity contribution in [1.29, 1.82) is 0 Å². The second-order valence-corrected chi connectivity index (χ2v) is 15.1. The molecule has 236 valence electrons. The fourth-order valence-corrected chi connectivity index (χ4v) is 8.35. The van der Waals surface area contributed by atoms with Gasteiger partial charge in [-0.3, -0.25) is 9.10 Å². The molecule has 6 nitrogen and oxygen atoms in total. The number of hydrogen-bond donors (Lipinski definition) is 0. The van der Waals surface area contributed by atoms with Crippen molar-refractivity contribution in [2.45, 2.75) is 30.6 Å². The third-order valence-corrected chi connectivity index (χ3v) is 11.4. The lowest BCUT2D eigenvalue weighted by molar-refractivity contribution is 0.0782. The van der Waals surface area contributed by atoms with Crippen molar-refractivity contribution in [2.24, 2.45) is 0 Å². The average Bonchev–Trinajstić information content (AvgIpc) is 3.36. The third-order valence-electron chi connectivity index (χ3n) is 9.55. The number of halogens is 3. The van der Waals surface area contributed by atoms with E-state index in [1.54, 1.807) is 46.6 Å². The number of hydrogen-bond acceptors (Lipinski definition) is 4. The molecule has 4 aromatic rings. The minimum absolute atomic E-state index is 0.0238. The number of para-hydroxylation sites is 1. The van der Waals surface area contributed by atoms with Gasteiger partial charge in [0.2, 0.25) is 10.0 Å². The molecular weight excluding hydrogens is 632 g/mol. The molecule has 2 heterocycles. The van der Waals surface area contributed by atoms with Gasteiger partial charge in [-0.1, -0.05) is 71.7 Å². The van der Waals surface area contributed by atoms with Crippen LogP contribution in [0.4, 0.5) is 10.1 Å². The zero-order valence-corrected chi connectivity index (χ0v) is 27.7. The van der Waals surface area contributed by atoms with Crippen LogP contribution in [0.15, 0.2) is 78.9 Å². The fourth-order valence-electron chi connectivity index (χ4n) is 7.05. The van der Waals surface area contributed by atoms with Crippen molar-refractivity contribution >= 4 is 55.6 Å². The van der Waals surface area contributed by atoms with Crippen LogP contribution < -0.4 is 4.31 Å². The Morgan fingerprint density at radius 1 is 0.956 bits per heavy atom. The Labute approximate surface area is 274 Å². The summed E-state index contributed by atoms with van der Waals surface area (Å²) in [6.07, 6.45) is 3.78. The van der Waals surface area contributed by atoms with E-state index >= 15 is 0 Å². The lowest BCUT2D eigenvalue weighted by Crippen LogP contribution is -2.46. The minimum atomic E-state index is -3.37. The van der Waals surface area contributed by atoms with Crippen LogP contribution in [0, 0.1) is 5.82 Å². The molecule has 1 fully saturated rings. The molecular formula is C35H36Cl2FN3O3S. The Morgan fingerprint density at radius 3 is 2.36 bits per heavy atom. The maximum Gasteiger partial charge on any atom is 0.254 e. The van der Waals surface area contributed by atoms with Gasteiger partial charge in [0.15, 0.2) is 0 Å². The van der Waals surface area contributed by atoms with Crippen LogP contribution in [0.1, 0.15) is 46.7 Å². The summed E-state index contributed by atoms with van der Waals surface area (Å²) in [7, 11) is -1.59. The third kappa shape index (κ3) is 6.30. The van der Waals surface area contributed by atoms with E-state index in [4.69, 9.17) is 23.2 Å². The molecule has 1 atom stereocenters. The first-order valence-corrected chi connectivity index (χ1v) is 17.7. The molecule has 45 heavy (non-hydrogen) atoms. The van der Waals surface area contributed by atoms with E-state index in [1.165, 1.54) is 12.3 Å². The van der Waals surface area contributed by atoms with Gasteiger partial charge in [-0.05, 0) is 85.7 Å². The Bertz CT molecular complexity index is 1860. The first-order valence-electron chi connectivity index (χ1n) is 15.1. The predicted molar refractivity (Wildman–Crippen MR) is 181 cm³/mol. The number of rotatable bonds is 8. The van der Waals surface area contributed by atoms with Gasteiger partial charge in [-0.2, -0.15) is 0 Å². The first-order chi connectivity index (χ1) is 21.5. The van der Waals surface area contributed by atoms with Crippen LogP contribution in [-0.2, 0) is 15.4 Å². The summed E-state index contributed by atoms with van der Waals surface area (Å²) in [6.45, 7) is 3.42. The molecule has 0 radical (unpaired) electrons. The van der Waals surface area contributed by atoms with Crippen molar-refractivity contribution in [1.82, 2.24) is 9.80 Å². The largest absolute Gasteiger partial charge is 0.341 e.